The number of benzene rings is 1. The second-order valence-electron chi connectivity index (χ2n) is 7.86. The molecule has 1 fully saturated rings. The topological polar surface area (TPSA) is 100 Å². The van der Waals surface area contributed by atoms with Crippen molar-refractivity contribution >= 4 is 23.5 Å². The number of ether oxygens (including phenoxy) is 1. The molecule has 0 saturated carbocycles. The van der Waals surface area contributed by atoms with Gasteiger partial charge in [0.1, 0.15) is 5.69 Å². The van der Waals surface area contributed by atoms with Gasteiger partial charge in [-0.25, -0.2) is 4.79 Å². The lowest BCUT2D eigenvalue weighted by atomic mass is 9.73. The molecule has 2 aromatic rings. The fourth-order valence-corrected chi connectivity index (χ4v) is 4.23. The number of hydrogen-bond donors (Lipinski definition) is 1. The van der Waals surface area contributed by atoms with Crippen LogP contribution in [0.3, 0.4) is 0 Å². The van der Waals surface area contributed by atoms with Gasteiger partial charge in [-0.15, -0.1) is 0 Å². The van der Waals surface area contributed by atoms with Gasteiger partial charge in [0.2, 0.25) is 5.91 Å². The van der Waals surface area contributed by atoms with Crippen LogP contribution in [0.5, 0.6) is 0 Å². The molecule has 2 aliphatic heterocycles. The van der Waals surface area contributed by atoms with E-state index in [-0.39, 0.29) is 11.8 Å². The summed E-state index contributed by atoms with van der Waals surface area (Å²) in [5.41, 5.74) is 1.97. The summed E-state index contributed by atoms with van der Waals surface area (Å²) in [5.74, 6) is -2.70. The number of alkyl halides is 3. The number of likely N-dealkylation sites (tertiary alicyclic amines) is 1. The molecule has 1 N–H and O–H groups in total. The molecule has 2 aliphatic rings. The van der Waals surface area contributed by atoms with Crippen molar-refractivity contribution in [3.8, 4) is 0 Å². The summed E-state index contributed by atoms with van der Waals surface area (Å²) in [6, 6.07) is 13.3. The fraction of sp³-hybridized carbons (Fsp3) is 0.391. The van der Waals surface area contributed by atoms with Gasteiger partial charge in [0.15, 0.2) is 0 Å². The van der Waals surface area contributed by atoms with Crippen LogP contribution in [-0.2, 0) is 19.7 Å². The molecule has 182 valence electrons. The molecule has 0 bridgehead atoms. The number of methoxy groups -OCH3 is 1. The summed E-state index contributed by atoms with van der Waals surface area (Å²) in [7, 11) is 1.64. The number of fused-ring (bicyclic) bond motifs is 2. The Morgan fingerprint density at radius 3 is 2.29 bits per heavy atom. The van der Waals surface area contributed by atoms with E-state index < -0.39 is 17.6 Å². The minimum atomic E-state index is -5.08. The van der Waals surface area contributed by atoms with Gasteiger partial charge in [-0.2, -0.15) is 13.2 Å². The van der Waals surface area contributed by atoms with E-state index in [1.54, 1.807) is 30.3 Å². The Morgan fingerprint density at radius 2 is 1.74 bits per heavy atom. The van der Waals surface area contributed by atoms with Gasteiger partial charge in [-0.05, 0) is 36.6 Å². The van der Waals surface area contributed by atoms with E-state index in [2.05, 4.69) is 11.1 Å². The highest BCUT2D eigenvalue weighted by Crippen LogP contribution is 2.47. The summed E-state index contributed by atoms with van der Waals surface area (Å²) in [4.78, 5) is 42.7. The summed E-state index contributed by atoms with van der Waals surface area (Å²) in [5, 5.41) is 7.12. The summed E-state index contributed by atoms with van der Waals surface area (Å²) >= 11 is 0. The first kappa shape index (κ1) is 25.2. The molecule has 0 aliphatic carbocycles. The number of aromatic nitrogens is 1. The number of para-hydroxylation sites is 1. The molecular weight excluding hydrogens is 455 g/mol. The zero-order valence-electron chi connectivity index (χ0n) is 18.4. The maximum absolute atomic E-state index is 13.3. The SMILES string of the molecule is COCCN1C(=O)C2(CCN(C(=O)c3ccccn3)CC2)c2ccccc21.O=C(O)C(F)(F)F. The molecule has 1 aromatic carbocycles. The summed E-state index contributed by atoms with van der Waals surface area (Å²) < 4.78 is 36.9. The van der Waals surface area contributed by atoms with Crippen molar-refractivity contribution < 1.29 is 37.4 Å². The largest absolute Gasteiger partial charge is 0.490 e. The maximum atomic E-state index is 13.3. The molecule has 1 saturated heterocycles. The number of amides is 2. The van der Waals surface area contributed by atoms with E-state index >= 15 is 0 Å². The molecular formula is C23H24F3N3O5. The number of rotatable bonds is 4. The van der Waals surface area contributed by atoms with E-state index in [0.717, 1.165) is 11.3 Å². The van der Waals surface area contributed by atoms with Gasteiger partial charge in [-0.1, -0.05) is 24.3 Å². The summed E-state index contributed by atoms with van der Waals surface area (Å²) in [6.45, 7) is 2.15. The number of anilines is 1. The molecule has 0 unspecified atom stereocenters. The van der Waals surface area contributed by atoms with E-state index in [0.29, 0.717) is 44.8 Å². The standard InChI is InChI=1S/C21H23N3O3.C2HF3O2/c1-27-15-14-24-18-8-3-2-6-16(18)21(20(24)26)9-12-23(13-10-21)19(25)17-7-4-5-11-22-17;3-2(4,5)1(6)7/h2-8,11H,9-10,12-15H2,1H3;(H,6,7). The Hall–Kier alpha value is -3.47. The first-order valence-corrected chi connectivity index (χ1v) is 10.5. The highest BCUT2D eigenvalue weighted by atomic mass is 19.4. The van der Waals surface area contributed by atoms with E-state index in [9.17, 15) is 22.8 Å². The zero-order valence-corrected chi connectivity index (χ0v) is 18.4. The van der Waals surface area contributed by atoms with E-state index in [1.165, 1.54) is 0 Å². The average molecular weight is 479 g/mol. The van der Waals surface area contributed by atoms with Crippen molar-refractivity contribution in [3.63, 3.8) is 0 Å². The Balaban J connectivity index is 0.000000406. The van der Waals surface area contributed by atoms with Crippen molar-refractivity contribution in [2.45, 2.75) is 24.4 Å². The van der Waals surface area contributed by atoms with Crippen molar-refractivity contribution in [3.05, 3.63) is 59.9 Å². The lowest BCUT2D eigenvalue weighted by molar-refractivity contribution is -0.192. The van der Waals surface area contributed by atoms with Crippen LogP contribution in [0.2, 0.25) is 0 Å². The fourth-order valence-electron chi connectivity index (χ4n) is 4.23. The number of carbonyl (C=O) groups excluding carboxylic acids is 2. The molecule has 1 spiro atoms. The minimum Gasteiger partial charge on any atom is -0.475 e. The summed E-state index contributed by atoms with van der Waals surface area (Å²) in [6.07, 6.45) is -2.20. The monoisotopic (exact) mass is 479 g/mol. The Morgan fingerprint density at radius 1 is 1.12 bits per heavy atom. The van der Waals surface area contributed by atoms with Gasteiger partial charge in [0, 0.05) is 38.6 Å². The van der Waals surface area contributed by atoms with Crippen LogP contribution < -0.4 is 4.90 Å². The van der Waals surface area contributed by atoms with Gasteiger partial charge < -0.3 is 19.6 Å². The van der Waals surface area contributed by atoms with Crippen LogP contribution in [0.4, 0.5) is 18.9 Å². The van der Waals surface area contributed by atoms with Crippen LogP contribution in [-0.4, -0.2) is 72.3 Å². The normalized spacial score (nSPS) is 16.6. The van der Waals surface area contributed by atoms with Crippen molar-refractivity contribution in [2.24, 2.45) is 0 Å². The van der Waals surface area contributed by atoms with Gasteiger partial charge in [-0.3, -0.25) is 14.6 Å². The average Bonchev–Trinajstić information content (AvgIpc) is 3.05. The molecule has 34 heavy (non-hydrogen) atoms. The predicted molar refractivity (Wildman–Crippen MR) is 115 cm³/mol. The van der Waals surface area contributed by atoms with Crippen molar-refractivity contribution in [2.75, 3.05) is 38.3 Å². The third-order valence-electron chi connectivity index (χ3n) is 5.91. The van der Waals surface area contributed by atoms with Crippen LogP contribution in [0, 0.1) is 0 Å². The molecule has 8 nitrogen and oxygen atoms in total. The number of nitrogens with zero attached hydrogens (tertiary/aromatic N) is 3. The highest BCUT2D eigenvalue weighted by molar-refractivity contribution is 6.08. The molecule has 0 atom stereocenters. The number of halogens is 3. The second kappa shape index (κ2) is 10.2. The Kier molecular flexibility index (Phi) is 7.55. The lowest BCUT2D eigenvalue weighted by Crippen LogP contribution is -2.50. The quantitative estimate of drug-likeness (QED) is 0.724. The van der Waals surface area contributed by atoms with Gasteiger partial charge in [0.05, 0.1) is 12.0 Å². The lowest BCUT2D eigenvalue weighted by Gasteiger charge is -2.38. The van der Waals surface area contributed by atoms with E-state index in [1.807, 2.05) is 29.2 Å². The van der Waals surface area contributed by atoms with Crippen molar-refractivity contribution in [1.29, 1.82) is 0 Å². The maximum Gasteiger partial charge on any atom is 0.490 e. The first-order valence-electron chi connectivity index (χ1n) is 10.5. The number of piperidine rings is 1. The van der Waals surface area contributed by atoms with Crippen LogP contribution in [0.1, 0.15) is 28.9 Å². The van der Waals surface area contributed by atoms with Gasteiger partial charge >= 0.3 is 12.1 Å². The molecule has 4 rings (SSSR count). The van der Waals surface area contributed by atoms with Crippen LogP contribution >= 0.6 is 0 Å². The number of aliphatic carboxylic acids is 1. The number of hydrogen-bond acceptors (Lipinski definition) is 5. The molecule has 0 radical (unpaired) electrons. The molecule has 3 heterocycles. The number of carboxylic acids is 1. The van der Waals surface area contributed by atoms with Gasteiger partial charge in [0.25, 0.3) is 5.91 Å². The molecule has 2 amide bonds. The smallest absolute Gasteiger partial charge is 0.475 e. The number of carboxylic acid groups (broad SMARTS) is 1. The third-order valence-corrected chi connectivity index (χ3v) is 5.91. The molecule has 11 heteroatoms. The molecule has 1 aromatic heterocycles. The minimum absolute atomic E-state index is 0.0691. The predicted octanol–water partition coefficient (Wildman–Crippen LogP) is 2.88. The zero-order chi connectivity index (χ0) is 24.9. The number of pyridine rings is 1. The first-order chi connectivity index (χ1) is 16.1. The van der Waals surface area contributed by atoms with Crippen molar-refractivity contribution in [1.82, 2.24) is 9.88 Å². The number of carbonyl (C=O) groups is 3. The Bertz CT molecular complexity index is 1040. The van der Waals surface area contributed by atoms with E-state index in [4.69, 9.17) is 14.6 Å². The highest BCUT2D eigenvalue weighted by Gasteiger charge is 2.52. The Labute approximate surface area is 193 Å². The second-order valence-corrected chi connectivity index (χ2v) is 7.86. The van der Waals surface area contributed by atoms with Crippen LogP contribution in [0.25, 0.3) is 0 Å². The third kappa shape index (κ3) is 5.04. The van der Waals surface area contributed by atoms with Crippen LogP contribution in [0.15, 0.2) is 48.7 Å².